The van der Waals surface area contributed by atoms with Crippen LogP contribution in [0.4, 0.5) is 9.52 Å². The van der Waals surface area contributed by atoms with Crippen molar-refractivity contribution in [1.82, 2.24) is 30.0 Å². The summed E-state index contributed by atoms with van der Waals surface area (Å²) < 4.78 is 32.3. The molecule has 0 spiro atoms. The fourth-order valence-electron chi connectivity index (χ4n) is 9.65. The predicted molar refractivity (Wildman–Crippen MR) is 277 cm³/mol. The van der Waals surface area contributed by atoms with Crippen LogP contribution in [0.15, 0.2) is 96.0 Å². The zero-order valence-electron chi connectivity index (χ0n) is 41.3. The Morgan fingerprint density at radius 3 is 2.47 bits per heavy atom. The number of phenolic OH excluding ortho intramolecular Hbond substituents is 1. The van der Waals surface area contributed by atoms with Gasteiger partial charge in [0.1, 0.15) is 48.7 Å². The Morgan fingerprint density at radius 2 is 1.69 bits per heavy atom. The first kappa shape index (κ1) is 52.3. The summed E-state index contributed by atoms with van der Waals surface area (Å²) in [6, 6.07) is 18.2. The van der Waals surface area contributed by atoms with Gasteiger partial charge in [-0.3, -0.25) is 29.3 Å². The molecule has 4 aromatic carbocycles. The first-order valence-corrected chi connectivity index (χ1v) is 26.1. The van der Waals surface area contributed by atoms with E-state index in [9.17, 15) is 38.6 Å². The van der Waals surface area contributed by atoms with Crippen molar-refractivity contribution < 1.29 is 52.8 Å². The third-order valence-electron chi connectivity index (χ3n) is 13.2. The number of nitrogens with zero attached hydrogens (tertiary/aromatic N) is 5. The van der Waals surface area contributed by atoms with Crippen molar-refractivity contribution in [3.8, 4) is 33.8 Å². The normalized spacial score (nSPS) is 16.6. The van der Waals surface area contributed by atoms with E-state index in [0.29, 0.717) is 33.6 Å². The number of rotatable bonds is 19. The number of benzene rings is 4. The number of amides is 5. The van der Waals surface area contributed by atoms with Gasteiger partial charge in [0, 0.05) is 66.4 Å². The van der Waals surface area contributed by atoms with E-state index in [1.54, 1.807) is 46.1 Å². The van der Waals surface area contributed by atoms with Gasteiger partial charge in [-0.15, -0.1) is 22.7 Å². The number of hydrogen-bond donors (Lipinski definition) is 4. The maximum Gasteiger partial charge on any atom is 0.256 e. The molecular formula is C55H54FN7O10S2. The average Bonchev–Trinajstić information content (AvgIpc) is 4.28. The first-order valence-electron chi connectivity index (χ1n) is 24.3. The molecule has 9 rings (SSSR count). The Balaban J connectivity index is 0.777. The lowest BCUT2D eigenvalue weighted by Crippen LogP contribution is -2.55. The average molecular weight is 1060 g/mol. The minimum Gasteiger partial charge on any atom is -0.508 e. The molecule has 0 aliphatic carbocycles. The predicted octanol–water partition coefficient (Wildman–Crippen LogP) is 6.48. The van der Waals surface area contributed by atoms with Crippen LogP contribution in [0.2, 0.25) is 0 Å². The summed E-state index contributed by atoms with van der Waals surface area (Å²) in [6.45, 7) is 6.80. The lowest BCUT2D eigenvalue weighted by Gasteiger charge is -2.35. The van der Waals surface area contributed by atoms with Crippen LogP contribution in [0, 0.1) is 30.5 Å². The zero-order chi connectivity index (χ0) is 52.8. The van der Waals surface area contributed by atoms with E-state index in [0.717, 1.165) is 39.9 Å². The summed E-state index contributed by atoms with van der Waals surface area (Å²) in [5.74, 6) is 2.94. The van der Waals surface area contributed by atoms with Crippen molar-refractivity contribution >= 4 is 57.3 Å². The molecule has 4 N–H and O–H groups in total. The highest BCUT2D eigenvalue weighted by atomic mass is 32.1. The van der Waals surface area contributed by atoms with Gasteiger partial charge in [-0.1, -0.05) is 68.2 Å². The number of aromatic nitrogens is 2. The number of carbonyl (C=O) groups excluding carboxylic acids is 5. The van der Waals surface area contributed by atoms with E-state index in [2.05, 4.69) is 32.4 Å². The molecule has 0 bridgehead atoms. The number of aromatic hydroxyl groups is 1. The maximum absolute atomic E-state index is 14.5. The standard InChI is InChI=1S/C55H54FN7O10S2/c1-32(2)47(62-28-37-8-4-5-12-41(37)52(62)68)54(70)61-30-40(64)26-43(61)50(66)58-27-36-14-13-35(49-33(3)59-31-75-49)24-45(36)73-22-21-72-20-19-71-18-7-11-34-9-6-10-38-29-63(53(69)46(34)38)48(42-25-39(56)15-16-44(42)65)51(67)60-55-57-17-23-74-55/h4-6,8-10,12-17,23-25,31-32,40,43,47-48,64-65H,18-22,26-30H2,1-3H3,(H,58,66)(H,57,60,67)/t40-,43+,47?,48?/m1/s1. The van der Waals surface area contributed by atoms with Crippen molar-refractivity contribution in [1.29, 1.82) is 0 Å². The van der Waals surface area contributed by atoms with Crippen molar-refractivity contribution in [2.24, 2.45) is 5.92 Å². The molecule has 6 aromatic rings. The van der Waals surface area contributed by atoms with Crippen LogP contribution in [0.25, 0.3) is 10.4 Å². The third-order valence-corrected chi connectivity index (χ3v) is 14.9. The second-order valence-corrected chi connectivity index (χ2v) is 20.3. The molecule has 20 heteroatoms. The van der Waals surface area contributed by atoms with Crippen molar-refractivity contribution in [2.75, 3.05) is 44.9 Å². The molecule has 75 heavy (non-hydrogen) atoms. The number of ether oxygens (including phenoxy) is 3. The summed E-state index contributed by atoms with van der Waals surface area (Å²) in [5, 5.41) is 29.1. The number of β-amino-alcohol motifs (C(OH)–C–C–N with tert-alkyl or cyclic N) is 1. The Labute approximate surface area is 440 Å². The molecule has 0 saturated carbocycles. The van der Waals surface area contributed by atoms with Crippen LogP contribution in [0.3, 0.4) is 0 Å². The summed E-state index contributed by atoms with van der Waals surface area (Å²) in [5.41, 5.74) is 6.83. The van der Waals surface area contributed by atoms with Gasteiger partial charge in [0.05, 0.1) is 47.6 Å². The quantitative estimate of drug-likeness (QED) is 0.0507. The Hall–Kier alpha value is -7.54. The van der Waals surface area contributed by atoms with Gasteiger partial charge in [0.15, 0.2) is 5.13 Å². The van der Waals surface area contributed by atoms with Gasteiger partial charge in [-0.25, -0.2) is 14.4 Å². The summed E-state index contributed by atoms with van der Waals surface area (Å²) in [4.78, 5) is 83.1. The molecular weight excluding hydrogens is 1000 g/mol. The molecule has 388 valence electrons. The van der Waals surface area contributed by atoms with Gasteiger partial charge < -0.3 is 44.4 Å². The second kappa shape index (κ2) is 23.3. The highest BCUT2D eigenvalue weighted by Crippen LogP contribution is 2.38. The van der Waals surface area contributed by atoms with Crippen LogP contribution >= 0.6 is 22.7 Å². The topological polar surface area (TPSA) is 213 Å². The van der Waals surface area contributed by atoms with Crippen LogP contribution in [0.1, 0.15) is 80.5 Å². The lowest BCUT2D eigenvalue weighted by molar-refractivity contribution is -0.143. The summed E-state index contributed by atoms with van der Waals surface area (Å²) in [6.07, 6.45) is 0.649. The SMILES string of the molecule is Cc1ncsc1-c1ccc(CNC(=O)[C@@H]2C[C@@H](O)CN2C(=O)C(C(C)C)N2Cc3ccccc3C2=O)c(OCCOCCOCC#Cc2cccc3c2C(=O)N(C(C(=O)Nc2nccs2)c2cc(F)ccc2O)C3)c1. The van der Waals surface area contributed by atoms with Crippen LogP contribution < -0.4 is 15.4 Å². The number of anilines is 1. The molecule has 5 amide bonds. The van der Waals surface area contributed by atoms with Crippen LogP contribution in [-0.2, 0) is 43.5 Å². The molecule has 2 aromatic heterocycles. The van der Waals surface area contributed by atoms with Gasteiger partial charge in [-0.05, 0) is 65.9 Å². The van der Waals surface area contributed by atoms with E-state index in [4.69, 9.17) is 14.2 Å². The molecule has 1 saturated heterocycles. The van der Waals surface area contributed by atoms with Crippen molar-refractivity contribution in [3.63, 3.8) is 0 Å². The van der Waals surface area contributed by atoms with Gasteiger partial charge >= 0.3 is 0 Å². The van der Waals surface area contributed by atoms with E-state index >= 15 is 0 Å². The van der Waals surface area contributed by atoms with E-state index in [1.165, 1.54) is 38.7 Å². The molecule has 4 atom stereocenters. The molecule has 1 fully saturated rings. The Kier molecular flexibility index (Phi) is 16.3. The number of thiazole rings is 2. The molecule has 3 aliphatic heterocycles. The number of likely N-dealkylation sites (tertiary alicyclic amines) is 1. The number of nitrogens with one attached hydrogen (secondary N) is 2. The van der Waals surface area contributed by atoms with Gasteiger partial charge in [0.25, 0.3) is 17.7 Å². The molecule has 3 aliphatic rings. The molecule has 5 heterocycles. The summed E-state index contributed by atoms with van der Waals surface area (Å²) >= 11 is 2.67. The minimum absolute atomic E-state index is 0.0109. The molecule has 17 nitrogen and oxygen atoms in total. The largest absolute Gasteiger partial charge is 0.508 e. The number of aliphatic hydroxyl groups is 1. The minimum atomic E-state index is -1.38. The van der Waals surface area contributed by atoms with Crippen molar-refractivity contribution in [3.05, 3.63) is 146 Å². The molecule has 0 radical (unpaired) electrons. The van der Waals surface area contributed by atoms with E-state index < -0.39 is 47.8 Å². The smallest absolute Gasteiger partial charge is 0.256 e. The monoisotopic (exact) mass is 1060 g/mol. The Morgan fingerprint density at radius 1 is 0.907 bits per heavy atom. The van der Waals surface area contributed by atoms with Gasteiger partial charge in [-0.2, -0.15) is 0 Å². The zero-order valence-corrected chi connectivity index (χ0v) is 42.9. The fraction of sp³-hybridized carbons (Fsp3) is 0.327. The number of aliphatic hydroxyl groups excluding tert-OH is 1. The fourth-order valence-corrected chi connectivity index (χ4v) is 11.0. The number of aryl methyl sites for hydroxylation is 1. The first-order chi connectivity index (χ1) is 36.3. The highest BCUT2D eigenvalue weighted by molar-refractivity contribution is 7.14. The number of phenols is 1. The number of halogens is 1. The maximum atomic E-state index is 14.5. The third kappa shape index (κ3) is 11.6. The summed E-state index contributed by atoms with van der Waals surface area (Å²) in [7, 11) is 0. The number of hydrogen-bond acceptors (Lipinski definition) is 14. The van der Waals surface area contributed by atoms with Crippen LogP contribution in [-0.4, -0.2) is 122 Å². The molecule has 2 unspecified atom stereocenters. The van der Waals surface area contributed by atoms with Gasteiger partial charge in [0.2, 0.25) is 11.8 Å². The lowest BCUT2D eigenvalue weighted by atomic mass is 10.0. The second-order valence-electron chi connectivity index (χ2n) is 18.5. The Bertz CT molecular complexity index is 3170. The van der Waals surface area contributed by atoms with Crippen molar-refractivity contribution in [2.45, 2.75) is 71.1 Å². The van der Waals surface area contributed by atoms with Crippen LogP contribution in [0.5, 0.6) is 11.5 Å². The van der Waals surface area contributed by atoms with E-state index in [-0.39, 0.29) is 99.8 Å². The number of fused-ring (bicyclic) bond motifs is 2. The van der Waals surface area contributed by atoms with E-state index in [1.807, 2.05) is 51.1 Å². The number of carbonyl (C=O) groups is 5. The highest BCUT2D eigenvalue weighted by Gasteiger charge is 2.46.